The zero-order valence-corrected chi connectivity index (χ0v) is 11.3. The maximum absolute atomic E-state index is 11.8. The fourth-order valence-corrected chi connectivity index (χ4v) is 2.40. The van der Waals surface area contributed by atoms with Crippen molar-refractivity contribution in [1.29, 1.82) is 0 Å². The number of methoxy groups -OCH3 is 2. The summed E-state index contributed by atoms with van der Waals surface area (Å²) in [5, 5.41) is 0. The number of carbonyl (C=O) groups is 1. The molecular formula is C15H14N2O3. The molecule has 20 heavy (non-hydrogen) atoms. The van der Waals surface area contributed by atoms with Crippen molar-refractivity contribution in [2.75, 3.05) is 14.2 Å². The van der Waals surface area contributed by atoms with Gasteiger partial charge in [-0.1, -0.05) is 0 Å². The molecule has 0 saturated carbocycles. The van der Waals surface area contributed by atoms with Crippen molar-refractivity contribution >= 4 is 18.2 Å². The summed E-state index contributed by atoms with van der Waals surface area (Å²) in [4.78, 5) is 20.4. The molecule has 1 aromatic carbocycles. The van der Waals surface area contributed by atoms with Gasteiger partial charge in [-0.25, -0.2) is 0 Å². The summed E-state index contributed by atoms with van der Waals surface area (Å²) in [5.41, 5.74) is 2.36. The Hall–Kier alpha value is -2.43. The third-order valence-corrected chi connectivity index (χ3v) is 3.42. The van der Waals surface area contributed by atoms with Crippen LogP contribution in [0, 0.1) is 0 Å². The van der Waals surface area contributed by atoms with Gasteiger partial charge in [0.15, 0.2) is 0 Å². The quantitative estimate of drug-likeness (QED) is 0.845. The van der Waals surface area contributed by atoms with Crippen LogP contribution in [0.5, 0.6) is 11.5 Å². The predicted molar refractivity (Wildman–Crippen MR) is 75.9 cm³/mol. The Morgan fingerprint density at radius 1 is 1.15 bits per heavy atom. The molecule has 1 aromatic rings. The van der Waals surface area contributed by atoms with E-state index < -0.39 is 0 Å². The topological polar surface area (TPSA) is 60.2 Å². The second kappa shape index (κ2) is 4.92. The fraction of sp³-hybridized carbons (Fsp3) is 0.267. The van der Waals surface area contributed by atoms with E-state index in [1.807, 2.05) is 12.1 Å². The zero-order chi connectivity index (χ0) is 14.1. The lowest BCUT2D eigenvalue weighted by atomic mass is 9.96. The first-order valence-corrected chi connectivity index (χ1v) is 6.29. The van der Waals surface area contributed by atoms with Crippen LogP contribution in [0.25, 0.3) is 0 Å². The molecule has 2 heterocycles. The van der Waals surface area contributed by atoms with E-state index in [9.17, 15) is 4.79 Å². The average Bonchev–Trinajstić information content (AvgIpc) is 2.97. The summed E-state index contributed by atoms with van der Waals surface area (Å²) >= 11 is 0. The average molecular weight is 270 g/mol. The number of hydrogen-bond donors (Lipinski definition) is 0. The Balaban J connectivity index is 2.06. The van der Waals surface area contributed by atoms with Crippen LogP contribution >= 0.6 is 0 Å². The van der Waals surface area contributed by atoms with Crippen molar-refractivity contribution in [2.45, 2.75) is 12.5 Å². The van der Waals surface area contributed by atoms with E-state index in [0.29, 0.717) is 17.9 Å². The summed E-state index contributed by atoms with van der Waals surface area (Å²) in [5.74, 6) is 1.33. The first-order valence-electron chi connectivity index (χ1n) is 6.29. The van der Waals surface area contributed by atoms with E-state index in [4.69, 9.17) is 9.47 Å². The van der Waals surface area contributed by atoms with Crippen molar-refractivity contribution < 1.29 is 14.3 Å². The monoisotopic (exact) mass is 270 g/mol. The minimum Gasteiger partial charge on any atom is -0.497 e. The van der Waals surface area contributed by atoms with E-state index in [1.54, 1.807) is 26.5 Å². The molecule has 0 radical (unpaired) electrons. The Bertz CT molecular complexity index is 637. The predicted octanol–water partition coefficient (Wildman–Crippen LogP) is 2.13. The van der Waals surface area contributed by atoms with Gasteiger partial charge < -0.3 is 9.47 Å². The Labute approximate surface area is 116 Å². The molecule has 0 aliphatic carbocycles. The number of aliphatic imine (C=N–C) groups is 2. The van der Waals surface area contributed by atoms with Crippen LogP contribution in [0.1, 0.15) is 18.0 Å². The van der Waals surface area contributed by atoms with Gasteiger partial charge in [0.25, 0.3) is 0 Å². The summed E-state index contributed by atoms with van der Waals surface area (Å²) in [6, 6.07) is 5.30. The molecule has 0 saturated heterocycles. The van der Waals surface area contributed by atoms with Crippen LogP contribution in [0.2, 0.25) is 0 Å². The lowest BCUT2D eigenvalue weighted by Gasteiger charge is -2.18. The standard InChI is InChI=1S/C15H14N2O3/c1-19-10-5-9(6-11(7-10)20-2)14-15-12(3-4-16-15)13(18)8-17-14/h4-8,14H,3H2,1-2H3. The number of nitrogens with zero attached hydrogens (tertiary/aromatic N) is 2. The Morgan fingerprint density at radius 2 is 1.85 bits per heavy atom. The molecule has 0 aromatic heterocycles. The van der Waals surface area contributed by atoms with Crippen LogP contribution in [-0.4, -0.2) is 32.4 Å². The SMILES string of the molecule is COc1cc(OC)cc(C2N=CC(=O)C3=C2N=CC3)c1. The summed E-state index contributed by atoms with van der Waals surface area (Å²) in [6.45, 7) is 0. The van der Waals surface area contributed by atoms with Crippen LogP contribution < -0.4 is 9.47 Å². The highest BCUT2D eigenvalue weighted by Crippen LogP contribution is 2.38. The van der Waals surface area contributed by atoms with Crippen molar-refractivity contribution in [3.8, 4) is 11.5 Å². The second-order valence-electron chi connectivity index (χ2n) is 4.57. The third-order valence-electron chi connectivity index (χ3n) is 3.42. The summed E-state index contributed by atoms with van der Waals surface area (Å²) in [6.07, 6.45) is 3.71. The fourth-order valence-electron chi connectivity index (χ4n) is 2.40. The molecule has 3 rings (SSSR count). The van der Waals surface area contributed by atoms with Gasteiger partial charge >= 0.3 is 0 Å². The maximum atomic E-state index is 11.8. The molecule has 2 aliphatic heterocycles. The first-order chi connectivity index (χ1) is 9.72. The Morgan fingerprint density at radius 3 is 2.50 bits per heavy atom. The van der Waals surface area contributed by atoms with Crippen LogP contribution in [0.4, 0.5) is 0 Å². The largest absolute Gasteiger partial charge is 0.497 e. The van der Waals surface area contributed by atoms with E-state index in [2.05, 4.69) is 9.98 Å². The number of dihydropyridines is 1. The number of allylic oxidation sites excluding steroid dienone is 1. The number of benzene rings is 1. The minimum atomic E-state index is -0.273. The Kier molecular flexibility index (Phi) is 3.10. The van der Waals surface area contributed by atoms with Crippen molar-refractivity contribution in [1.82, 2.24) is 0 Å². The number of rotatable bonds is 3. The van der Waals surface area contributed by atoms with Crippen LogP contribution in [0.15, 0.2) is 39.5 Å². The van der Waals surface area contributed by atoms with Gasteiger partial charge in [-0.05, 0) is 17.7 Å². The van der Waals surface area contributed by atoms with Crippen LogP contribution in [0.3, 0.4) is 0 Å². The smallest absolute Gasteiger partial charge is 0.201 e. The summed E-state index contributed by atoms with van der Waals surface area (Å²) < 4.78 is 10.5. The molecule has 1 unspecified atom stereocenters. The van der Waals surface area contributed by atoms with Crippen molar-refractivity contribution in [3.05, 3.63) is 35.0 Å². The maximum Gasteiger partial charge on any atom is 0.201 e. The van der Waals surface area contributed by atoms with Gasteiger partial charge in [0.05, 0.1) is 26.1 Å². The van der Waals surface area contributed by atoms with E-state index in [-0.39, 0.29) is 11.8 Å². The number of ether oxygens (including phenoxy) is 2. The number of Topliss-reactive ketones (excluding diaryl/α,β-unsaturated/α-hetero) is 1. The van der Waals surface area contributed by atoms with Gasteiger partial charge in [-0.15, -0.1) is 0 Å². The van der Waals surface area contributed by atoms with Gasteiger partial charge in [0.1, 0.15) is 17.5 Å². The lowest BCUT2D eigenvalue weighted by Crippen LogP contribution is -2.14. The third kappa shape index (κ3) is 2.01. The van der Waals surface area contributed by atoms with E-state index in [1.165, 1.54) is 6.21 Å². The highest BCUT2D eigenvalue weighted by atomic mass is 16.5. The molecular weight excluding hydrogens is 256 g/mol. The van der Waals surface area contributed by atoms with E-state index >= 15 is 0 Å². The summed E-state index contributed by atoms with van der Waals surface area (Å²) in [7, 11) is 3.20. The second-order valence-corrected chi connectivity index (χ2v) is 4.57. The van der Waals surface area contributed by atoms with Gasteiger partial charge in [-0.2, -0.15) is 0 Å². The van der Waals surface area contributed by atoms with Crippen molar-refractivity contribution in [2.24, 2.45) is 9.98 Å². The normalized spacial score (nSPS) is 20.3. The van der Waals surface area contributed by atoms with Gasteiger partial charge in [0, 0.05) is 24.3 Å². The highest BCUT2D eigenvalue weighted by molar-refractivity contribution is 6.37. The van der Waals surface area contributed by atoms with E-state index in [0.717, 1.165) is 16.8 Å². The molecule has 0 fully saturated rings. The molecule has 102 valence electrons. The van der Waals surface area contributed by atoms with Crippen LogP contribution in [-0.2, 0) is 4.79 Å². The molecule has 0 N–H and O–H groups in total. The van der Waals surface area contributed by atoms with Crippen molar-refractivity contribution in [3.63, 3.8) is 0 Å². The molecule has 2 aliphatic rings. The molecule has 5 nitrogen and oxygen atoms in total. The number of ketones is 1. The lowest BCUT2D eigenvalue weighted by molar-refractivity contribution is -0.109. The zero-order valence-electron chi connectivity index (χ0n) is 11.3. The number of hydrogen-bond acceptors (Lipinski definition) is 5. The first kappa shape index (κ1) is 12.6. The molecule has 0 bridgehead atoms. The minimum absolute atomic E-state index is 0.0522. The number of carbonyl (C=O) groups excluding carboxylic acids is 1. The van der Waals surface area contributed by atoms with Gasteiger partial charge in [0.2, 0.25) is 5.78 Å². The molecule has 0 spiro atoms. The molecule has 1 atom stereocenters. The molecule has 0 amide bonds. The highest BCUT2D eigenvalue weighted by Gasteiger charge is 2.29. The molecule has 5 heteroatoms. The van der Waals surface area contributed by atoms with Gasteiger partial charge in [-0.3, -0.25) is 14.8 Å².